The van der Waals surface area contributed by atoms with E-state index < -0.39 is 10.0 Å². The van der Waals surface area contributed by atoms with Gasteiger partial charge < -0.3 is 5.11 Å². The molecular weight excluding hydrogens is 354 g/mol. The van der Waals surface area contributed by atoms with E-state index in [1.807, 2.05) is 0 Å². The Morgan fingerprint density at radius 2 is 2.11 bits per heavy atom. The van der Waals surface area contributed by atoms with E-state index in [1.165, 1.54) is 4.31 Å². The van der Waals surface area contributed by atoms with Crippen LogP contribution < -0.4 is 0 Å². The summed E-state index contributed by atoms with van der Waals surface area (Å²) in [6.07, 6.45) is 2.69. The van der Waals surface area contributed by atoms with Gasteiger partial charge in [0.05, 0.1) is 11.6 Å². The Bertz CT molecular complexity index is 540. The minimum atomic E-state index is -3.69. The molecule has 106 valence electrons. The second-order valence-corrected chi connectivity index (χ2v) is 7.56. The van der Waals surface area contributed by atoms with Gasteiger partial charge in [-0.1, -0.05) is 24.1 Å². The van der Waals surface area contributed by atoms with Gasteiger partial charge in [-0.25, -0.2) is 8.42 Å². The highest BCUT2D eigenvalue weighted by molar-refractivity contribution is 9.10. The molecule has 19 heavy (non-hydrogen) atoms. The molecule has 1 aromatic carbocycles. The van der Waals surface area contributed by atoms with Gasteiger partial charge in [0, 0.05) is 17.1 Å². The highest BCUT2D eigenvalue weighted by atomic mass is 79.9. The number of benzene rings is 1. The van der Waals surface area contributed by atoms with Gasteiger partial charge in [-0.3, -0.25) is 0 Å². The number of aliphatic hydroxyl groups excluding tert-OH is 1. The molecule has 0 atom stereocenters. The molecule has 2 rings (SSSR count). The van der Waals surface area contributed by atoms with Crippen LogP contribution >= 0.6 is 27.5 Å². The van der Waals surface area contributed by atoms with Crippen molar-refractivity contribution in [1.82, 2.24) is 4.31 Å². The van der Waals surface area contributed by atoms with Gasteiger partial charge in [-0.15, -0.1) is 0 Å². The van der Waals surface area contributed by atoms with Crippen LogP contribution in [0.15, 0.2) is 27.6 Å². The normalized spacial score (nSPS) is 16.6. The lowest BCUT2D eigenvalue weighted by Gasteiger charge is -2.36. The third-order valence-electron chi connectivity index (χ3n) is 3.29. The van der Waals surface area contributed by atoms with Crippen molar-refractivity contribution in [3.05, 3.63) is 27.7 Å². The van der Waals surface area contributed by atoms with Crippen molar-refractivity contribution in [2.75, 3.05) is 13.2 Å². The van der Waals surface area contributed by atoms with Crippen LogP contribution in [0.2, 0.25) is 5.02 Å². The van der Waals surface area contributed by atoms with Crippen molar-refractivity contribution < 1.29 is 13.5 Å². The largest absolute Gasteiger partial charge is 0.395 e. The summed E-state index contributed by atoms with van der Waals surface area (Å²) >= 11 is 9.26. The summed E-state index contributed by atoms with van der Waals surface area (Å²) in [4.78, 5) is 0.0806. The minimum Gasteiger partial charge on any atom is -0.395 e. The third kappa shape index (κ3) is 2.97. The molecule has 0 amide bonds. The van der Waals surface area contributed by atoms with E-state index in [-0.39, 0.29) is 29.1 Å². The smallest absolute Gasteiger partial charge is 0.246 e. The quantitative estimate of drug-likeness (QED) is 0.869. The van der Waals surface area contributed by atoms with E-state index in [0.29, 0.717) is 4.47 Å². The summed E-state index contributed by atoms with van der Waals surface area (Å²) in [5, 5.41) is 9.29. The predicted molar refractivity (Wildman–Crippen MR) is 77.8 cm³/mol. The molecule has 1 aromatic rings. The molecule has 7 heteroatoms. The Labute approximate surface area is 126 Å². The van der Waals surface area contributed by atoms with Gasteiger partial charge in [-0.2, -0.15) is 4.31 Å². The van der Waals surface area contributed by atoms with Crippen LogP contribution in [-0.2, 0) is 10.0 Å². The van der Waals surface area contributed by atoms with Gasteiger partial charge in [0.2, 0.25) is 10.0 Å². The van der Waals surface area contributed by atoms with Crippen LogP contribution in [-0.4, -0.2) is 37.0 Å². The van der Waals surface area contributed by atoms with E-state index in [9.17, 15) is 8.42 Å². The van der Waals surface area contributed by atoms with Crippen molar-refractivity contribution in [2.24, 2.45) is 0 Å². The Hall–Kier alpha value is -0.140. The lowest BCUT2D eigenvalue weighted by molar-refractivity contribution is 0.178. The zero-order valence-corrected chi connectivity index (χ0v) is 13.4. The molecule has 0 bridgehead atoms. The van der Waals surface area contributed by atoms with Crippen molar-refractivity contribution in [3.63, 3.8) is 0 Å². The monoisotopic (exact) mass is 367 g/mol. The molecule has 0 aliphatic heterocycles. The molecule has 0 saturated heterocycles. The number of rotatable bonds is 5. The van der Waals surface area contributed by atoms with Gasteiger partial charge in [0.1, 0.15) is 4.90 Å². The molecule has 1 saturated carbocycles. The van der Waals surface area contributed by atoms with Crippen LogP contribution in [0.5, 0.6) is 0 Å². The highest BCUT2D eigenvalue weighted by Crippen LogP contribution is 2.35. The third-order valence-corrected chi connectivity index (χ3v) is 6.69. The van der Waals surface area contributed by atoms with Crippen molar-refractivity contribution in [2.45, 2.75) is 30.2 Å². The highest BCUT2D eigenvalue weighted by Gasteiger charge is 2.36. The Morgan fingerprint density at radius 3 is 2.58 bits per heavy atom. The Balaban J connectivity index is 2.44. The second kappa shape index (κ2) is 6.10. The van der Waals surface area contributed by atoms with Crippen LogP contribution in [0, 0.1) is 0 Å². The first-order valence-corrected chi connectivity index (χ1v) is 8.66. The lowest BCUT2D eigenvalue weighted by atomic mass is 9.93. The van der Waals surface area contributed by atoms with E-state index in [0.717, 1.165) is 19.3 Å². The maximum absolute atomic E-state index is 12.7. The molecule has 4 nitrogen and oxygen atoms in total. The van der Waals surface area contributed by atoms with Crippen LogP contribution in [0.1, 0.15) is 19.3 Å². The molecule has 0 heterocycles. The standard InChI is InChI=1S/C12H15BrClNO3S/c13-10-5-2-6-11(14)12(10)19(17,18)15(7-8-16)9-3-1-4-9/h2,5-6,9,16H,1,3-4,7-8H2. The van der Waals surface area contributed by atoms with Crippen molar-refractivity contribution in [3.8, 4) is 0 Å². The van der Waals surface area contributed by atoms with Crippen LogP contribution in [0.25, 0.3) is 0 Å². The number of hydrogen-bond donors (Lipinski definition) is 1. The van der Waals surface area contributed by atoms with Crippen LogP contribution in [0.4, 0.5) is 0 Å². The number of nitrogens with zero attached hydrogens (tertiary/aromatic N) is 1. The zero-order valence-electron chi connectivity index (χ0n) is 10.2. The molecular formula is C12H15BrClNO3S. The van der Waals surface area contributed by atoms with Crippen molar-refractivity contribution in [1.29, 1.82) is 0 Å². The molecule has 1 aliphatic carbocycles. The van der Waals surface area contributed by atoms with Gasteiger partial charge in [0.15, 0.2) is 0 Å². The first-order chi connectivity index (χ1) is 8.98. The summed E-state index contributed by atoms with van der Waals surface area (Å²) in [5.74, 6) is 0. The first kappa shape index (κ1) is 15.3. The van der Waals surface area contributed by atoms with Crippen LogP contribution in [0.3, 0.4) is 0 Å². The lowest BCUT2D eigenvalue weighted by Crippen LogP contribution is -2.45. The Kier molecular flexibility index (Phi) is 4.89. The fourth-order valence-electron chi connectivity index (χ4n) is 2.12. The average molecular weight is 369 g/mol. The molecule has 0 radical (unpaired) electrons. The predicted octanol–water partition coefficient (Wildman–Crippen LogP) is 2.64. The number of sulfonamides is 1. The fraction of sp³-hybridized carbons (Fsp3) is 0.500. The topological polar surface area (TPSA) is 57.6 Å². The Morgan fingerprint density at radius 1 is 1.42 bits per heavy atom. The van der Waals surface area contributed by atoms with E-state index in [1.54, 1.807) is 18.2 Å². The number of hydrogen-bond acceptors (Lipinski definition) is 3. The zero-order chi connectivity index (χ0) is 14.0. The minimum absolute atomic E-state index is 0.0275. The van der Waals surface area contributed by atoms with Crippen molar-refractivity contribution >= 4 is 37.6 Å². The number of halogens is 2. The number of aliphatic hydroxyl groups is 1. The summed E-state index contributed by atoms with van der Waals surface area (Å²) in [7, 11) is -3.69. The maximum atomic E-state index is 12.7. The molecule has 0 spiro atoms. The van der Waals surface area contributed by atoms with Gasteiger partial charge in [-0.05, 0) is 40.9 Å². The van der Waals surface area contributed by atoms with E-state index >= 15 is 0 Å². The maximum Gasteiger partial charge on any atom is 0.246 e. The summed E-state index contributed by atoms with van der Waals surface area (Å²) in [5.41, 5.74) is 0. The first-order valence-electron chi connectivity index (χ1n) is 6.05. The molecule has 1 fully saturated rings. The van der Waals surface area contributed by atoms with Gasteiger partial charge in [0.25, 0.3) is 0 Å². The molecule has 0 aromatic heterocycles. The SMILES string of the molecule is O=S(=O)(c1c(Cl)cccc1Br)N(CCO)C1CCC1. The summed E-state index contributed by atoms with van der Waals surface area (Å²) in [6.45, 7) is -0.0948. The summed E-state index contributed by atoms with van der Waals surface area (Å²) in [6, 6.07) is 4.86. The fourth-order valence-corrected chi connectivity index (χ4v) is 5.47. The molecule has 1 N–H and O–H groups in total. The molecule has 0 unspecified atom stereocenters. The average Bonchev–Trinajstić information content (AvgIpc) is 2.25. The van der Waals surface area contributed by atoms with E-state index in [2.05, 4.69) is 15.9 Å². The van der Waals surface area contributed by atoms with E-state index in [4.69, 9.17) is 16.7 Å². The summed E-state index contributed by atoms with van der Waals surface area (Å²) < 4.78 is 27.2. The second-order valence-electron chi connectivity index (χ2n) is 4.47. The molecule has 1 aliphatic rings. The van der Waals surface area contributed by atoms with Gasteiger partial charge >= 0.3 is 0 Å².